The van der Waals surface area contributed by atoms with Gasteiger partial charge in [0, 0.05) is 6.20 Å². The van der Waals surface area contributed by atoms with E-state index in [1.807, 2.05) is 59.7 Å². The Morgan fingerprint density at radius 1 is 1.12 bits per heavy atom. The second-order valence-corrected chi connectivity index (χ2v) is 3.73. The third-order valence-corrected chi connectivity index (χ3v) is 2.72. The van der Waals surface area contributed by atoms with E-state index in [4.69, 9.17) is 0 Å². The van der Waals surface area contributed by atoms with Gasteiger partial charge in [0.1, 0.15) is 11.9 Å². The molecule has 3 nitrogen and oxygen atoms in total. The third-order valence-electron chi connectivity index (χ3n) is 2.72. The standard InChI is InChI=1S/C13H10N2O/c16-13-12(10-6-2-1-3-7-10)15-9-5-4-8-11(15)14-13/h1-9,12H/t12-/m1/s1. The van der Waals surface area contributed by atoms with Crippen molar-refractivity contribution in [1.29, 1.82) is 0 Å². The Labute approximate surface area is 93.4 Å². The molecule has 0 saturated heterocycles. The number of amidine groups is 1. The number of carbonyl (C=O) groups excluding carboxylic acids is 1. The van der Waals surface area contributed by atoms with Gasteiger partial charge in [-0.15, -0.1) is 0 Å². The molecule has 0 radical (unpaired) electrons. The van der Waals surface area contributed by atoms with Gasteiger partial charge in [-0.1, -0.05) is 36.4 Å². The molecule has 0 spiro atoms. The van der Waals surface area contributed by atoms with Gasteiger partial charge in [0.05, 0.1) is 0 Å². The molecule has 1 aromatic carbocycles. The van der Waals surface area contributed by atoms with Crippen LogP contribution in [0.1, 0.15) is 11.6 Å². The lowest BCUT2D eigenvalue weighted by Crippen LogP contribution is -2.27. The third kappa shape index (κ3) is 1.29. The molecule has 1 amide bonds. The number of allylic oxidation sites excluding steroid dienone is 2. The summed E-state index contributed by atoms with van der Waals surface area (Å²) in [5, 5.41) is 0. The molecule has 0 unspecified atom stereocenters. The molecule has 2 heterocycles. The number of aliphatic imine (C=N–C) groups is 1. The Hall–Kier alpha value is -2.16. The van der Waals surface area contributed by atoms with Crippen LogP contribution in [0.5, 0.6) is 0 Å². The molecule has 0 N–H and O–H groups in total. The quantitative estimate of drug-likeness (QED) is 0.710. The molecule has 0 aromatic heterocycles. The summed E-state index contributed by atoms with van der Waals surface area (Å²) in [6.45, 7) is 0. The molecule has 0 bridgehead atoms. The largest absolute Gasteiger partial charge is 0.316 e. The fourth-order valence-corrected chi connectivity index (χ4v) is 1.99. The Kier molecular flexibility index (Phi) is 1.96. The first-order valence-electron chi connectivity index (χ1n) is 5.17. The minimum atomic E-state index is -0.294. The highest BCUT2D eigenvalue weighted by atomic mass is 16.2. The number of hydrogen-bond donors (Lipinski definition) is 0. The van der Waals surface area contributed by atoms with Gasteiger partial charge in [-0.05, 0) is 17.7 Å². The van der Waals surface area contributed by atoms with E-state index in [-0.39, 0.29) is 11.9 Å². The first-order valence-corrected chi connectivity index (χ1v) is 5.17. The molecular weight excluding hydrogens is 200 g/mol. The van der Waals surface area contributed by atoms with E-state index in [0.29, 0.717) is 0 Å². The maximum Gasteiger partial charge on any atom is 0.275 e. The fraction of sp³-hybridized carbons (Fsp3) is 0.0769. The van der Waals surface area contributed by atoms with Gasteiger partial charge in [0.2, 0.25) is 0 Å². The second-order valence-electron chi connectivity index (χ2n) is 3.73. The van der Waals surface area contributed by atoms with Crippen molar-refractivity contribution in [3.05, 3.63) is 60.3 Å². The summed E-state index contributed by atoms with van der Waals surface area (Å²) in [6.07, 6.45) is 7.53. The molecule has 1 aromatic rings. The minimum Gasteiger partial charge on any atom is -0.316 e. The van der Waals surface area contributed by atoms with Gasteiger partial charge >= 0.3 is 0 Å². The molecule has 2 aliphatic heterocycles. The van der Waals surface area contributed by atoms with Gasteiger partial charge < -0.3 is 4.90 Å². The zero-order chi connectivity index (χ0) is 11.0. The number of rotatable bonds is 1. The normalized spacial score (nSPS) is 22.2. The van der Waals surface area contributed by atoms with Crippen LogP contribution in [0.15, 0.2) is 59.8 Å². The maximum atomic E-state index is 11.8. The van der Waals surface area contributed by atoms with Crippen molar-refractivity contribution in [3.8, 4) is 0 Å². The smallest absolute Gasteiger partial charge is 0.275 e. The van der Waals surface area contributed by atoms with E-state index in [9.17, 15) is 4.79 Å². The number of fused-ring (bicyclic) bond motifs is 1. The Balaban J connectivity index is 2.02. The van der Waals surface area contributed by atoms with Crippen molar-refractivity contribution >= 4 is 11.7 Å². The Bertz CT molecular complexity index is 514. The highest BCUT2D eigenvalue weighted by Gasteiger charge is 2.34. The lowest BCUT2D eigenvalue weighted by molar-refractivity contribution is -0.120. The van der Waals surface area contributed by atoms with Gasteiger partial charge in [0.25, 0.3) is 5.91 Å². The molecule has 0 aliphatic carbocycles. The molecule has 16 heavy (non-hydrogen) atoms. The van der Waals surface area contributed by atoms with E-state index in [2.05, 4.69) is 4.99 Å². The molecule has 78 valence electrons. The summed E-state index contributed by atoms with van der Waals surface area (Å²) in [4.78, 5) is 17.8. The number of hydrogen-bond acceptors (Lipinski definition) is 2. The van der Waals surface area contributed by atoms with Crippen LogP contribution < -0.4 is 0 Å². The zero-order valence-corrected chi connectivity index (χ0v) is 8.58. The summed E-state index contributed by atoms with van der Waals surface area (Å²) in [5.41, 5.74) is 0.978. The van der Waals surface area contributed by atoms with Crippen molar-refractivity contribution in [1.82, 2.24) is 4.90 Å². The first-order chi connectivity index (χ1) is 7.86. The van der Waals surface area contributed by atoms with Gasteiger partial charge in [-0.2, -0.15) is 4.99 Å². The SMILES string of the molecule is O=C1N=C2C=CC=CN2[C@@H]1c1ccccc1. The van der Waals surface area contributed by atoms with Crippen molar-refractivity contribution < 1.29 is 4.79 Å². The predicted molar refractivity (Wildman–Crippen MR) is 61.7 cm³/mol. The van der Waals surface area contributed by atoms with Crippen LogP contribution in [0.2, 0.25) is 0 Å². The Morgan fingerprint density at radius 2 is 1.94 bits per heavy atom. The van der Waals surface area contributed by atoms with Crippen molar-refractivity contribution in [2.75, 3.05) is 0 Å². The van der Waals surface area contributed by atoms with Gasteiger partial charge in [-0.3, -0.25) is 4.79 Å². The topological polar surface area (TPSA) is 32.7 Å². The van der Waals surface area contributed by atoms with Crippen LogP contribution in [0.3, 0.4) is 0 Å². The van der Waals surface area contributed by atoms with E-state index in [1.54, 1.807) is 0 Å². The van der Waals surface area contributed by atoms with Gasteiger partial charge in [-0.25, -0.2) is 0 Å². The first kappa shape index (κ1) is 9.09. The van der Waals surface area contributed by atoms with Crippen LogP contribution in [0, 0.1) is 0 Å². The van der Waals surface area contributed by atoms with E-state index in [1.165, 1.54) is 0 Å². The molecule has 3 heteroatoms. The predicted octanol–water partition coefficient (Wildman–Crippen LogP) is 2.05. The second kappa shape index (κ2) is 3.45. The fourth-order valence-electron chi connectivity index (χ4n) is 1.99. The molecule has 2 aliphatic rings. The Morgan fingerprint density at radius 3 is 2.75 bits per heavy atom. The van der Waals surface area contributed by atoms with Crippen LogP contribution >= 0.6 is 0 Å². The lowest BCUT2D eigenvalue weighted by Gasteiger charge is -2.23. The average molecular weight is 210 g/mol. The van der Waals surface area contributed by atoms with Crippen molar-refractivity contribution in [2.45, 2.75) is 6.04 Å². The van der Waals surface area contributed by atoms with Crippen molar-refractivity contribution in [2.24, 2.45) is 4.99 Å². The van der Waals surface area contributed by atoms with E-state index >= 15 is 0 Å². The molecule has 3 rings (SSSR count). The summed E-state index contributed by atoms with van der Waals surface area (Å²) >= 11 is 0. The van der Waals surface area contributed by atoms with E-state index in [0.717, 1.165) is 11.4 Å². The summed E-state index contributed by atoms with van der Waals surface area (Å²) < 4.78 is 0. The maximum absolute atomic E-state index is 11.8. The molecule has 0 saturated carbocycles. The summed E-state index contributed by atoms with van der Waals surface area (Å²) in [6, 6.07) is 9.42. The number of carbonyl (C=O) groups is 1. The minimum absolute atomic E-state index is 0.0996. The number of nitrogens with zero attached hydrogens (tertiary/aromatic N) is 2. The number of amides is 1. The van der Waals surface area contributed by atoms with Crippen LogP contribution in [-0.2, 0) is 4.79 Å². The van der Waals surface area contributed by atoms with Crippen molar-refractivity contribution in [3.63, 3.8) is 0 Å². The highest BCUT2D eigenvalue weighted by molar-refractivity contribution is 6.10. The zero-order valence-electron chi connectivity index (χ0n) is 8.58. The van der Waals surface area contributed by atoms with E-state index < -0.39 is 0 Å². The number of benzene rings is 1. The molecular formula is C13H10N2O. The van der Waals surface area contributed by atoms with Gasteiger partial charge in [0.15, 0.2) is 0 Å². The van der Waals surface area contributed by atoms with Crippen LogP contribution in [0.25, 0.3) is 0 Å². The molecule has 1 atom stereocenters. The molecule has 0 fully saturated rings. The monoisotopic (exact) mass is 210 g/mol. The van der Waals surface area contributed by atoms with Crippen LogP contribution in [-0.4, -0.2) is 16.6 Å². The summed E-state index contributed by atoms with van der Waals surface area (Å²) in [5.74, 6) is 0.624. The highest BCUT2D eigenvalue weighted by Crippen LogP contribution is 2.29. The summed E-state index contributed by atoms with van der Waals surface area (Å²) in [7, 11) is 0. The van der Waals surface area contributed by atoms with Crippen LogP contribution in [0.4, 0.5) is 0 Å². The average Bonchev–Trinajstić information content (AvgIpc) is 2.66. The lowest BCUT2D eigenvalue weighted by atomic mass is 10.1.